The maximum Gasteiger partial charge on any atom is 0.352 e. The van der Waals surface area contributed by atoms with E-state index in [1.165, 1.54) is 9.39 Å². The summed E-state index contributed by atoms with van der Waals surface area (Å²) in [6, 6.07) is 9.73. The standard InChI is InChI=1S/C19H18N4OS/c1-11(2)10-22-18-15(12(3)13(4)25-18)17-20-16(21-23(17)19(22)24)14-8-6-5-7-9-14/h5-9H,1,10H2,2-4H3. The fourth-order valence-corrected chi connectivity index (χ4v) is 4.13. The molecule has 6 heteroatoms. The zero-order valence-corrected chi connectivity index (χ0v) is 15.2. The van der Waals surface area contributed by atoms with Crippen LogP contribution in [0.1, 0.15) is 17.4 Å². The molecule has 0 aliphatic carbocycles. The Morgan fingerprint density at radius 1 is 1.24 bits per heavy atom. The second-order valence-electron chi connectivity index (χ2n) is 6.33. The van der Waals surface area contributed by atoms with Gasteiger partial charge in [-0.15, -0.1) is 16.4 Å². The normalized spacial score (nSPS) is 11.5. The van der Waals surface area contributed by atoms with Crippen molar-refractivity contribution >= 4 is 27.2 Å². The molecule has 3 heterocycles. The highest BCUT2D eigenvalue weighted by Crippen LogP contribution is 2.32. The molecule has 0 fully saturated rings. The van der Waals surface area contributed by atoms with Gasteiger partial charge in [-0.3, -0.25) is 4.57 Å². The molecule has 0 amide bonds. The van der Waals surface area contributed by atoms with E-state index in [0.29, 0.717) is 18.0 Å². The van der Waals surface area contributed by atoms with Gasteiger partial charge in [-0.25, -0.2) is 9.78 Å². The molecular weight excluding hydrogens is 332 g/mol. The van der Waals surface area contributed by atoms with Gasteiger partial charge in [0, 0.05) is 17.0 Å². The summed E-state index contributed by atoms with van der Waals surface area (Å²) in [5.74, 6) is 0.565. The number of aromatic nitrogens is 4. The molecule has 5 nitrogen and oxygen atoms in total. The molecule has 0 aliphatic rings. The van der Waals surface area contributed by atoms with E-state index in [9.17, 15) is 4.79 Å². The topological polar surface area (TPSA) is 52.2 Å². The quantitative estimate of drug-likeness (QED) is 0.526. The highest BCUT2D eigenvalue weighted by molar-refractivity contribution is 7.19. The Balaban J connectivity index is 2.14. The zero-order chi connectivity index (χ0) is 17.7. The minimum absolute atomic E-state index is 0.179. The second-order valence-corrected chi connectivity index (χ2v) is 7.53. The van der Waals surface area contributed by atoms with Crippen LogP contribution in [0.25, 0.3) is 27.3 Å². The van der Waals surface area contributed by atoms with E-state index in [4.69, 9.17) is 0 Å². The van der Waals surface area contributed by atoms with Crippen LogP contribution in [-0.2, 0) is 6.54 Å². The predicted octanol–water partition coefficient (Wildman–Crippen LogP) is 3.97. The van der Waals surface area contributed by atoms with E-state index < -0.39 is 0 Å². The summed E-state index contributed by atoms with van der Waals surface area (Å²) in [6.45, 7) is 10.5. The number of rotatable bonds is 3. The van der Waals surface area contributed by atoms with Crippen LogP contribution in [0.15, 0.2) is 47.3 Å². The Morgan fingerprint density at radius 3 is 2.64 bits per heavy atom. The van der Waals surface area contributed by atoms with Gasteiger partial charge >= 0.3 is 5.69 Å². The second kappa shape index (κ2) is 5.67. The van der Waals surface area contributed by atoms with Crippen LogP contribution in [0.5, 0.6) is 0 Å². The molecule has 25 heavy (non-hydrogen) atoms. The van der Waals surface area contributed by atoms with Gasteiger partial charge in [-0.2, -0.15) is 4.52 Å². The molecule has 0 radical (unpaired) electrons. The molecule has 3 aromatic heterocycles. The van der Waals surface area contributed by atoms with Crippen molar-refractivity contribution in [2.75, 3.05) is 0 Å². The Labute approximate surface area is 148 Å². The Bertz CT molecular complexity index is 1180. The van der Waals surface area contributed by atoms with Crippen molar-refractivity contribution in [2.24, 2.45) is 0 Å². The number of fused-ring (bicyclic) bond motifs is 3. The highest BCUT2D eigenvalue weighted by Gasteiger charge is 2.20. The van der Waals surface area contributed by atoms with Crippen molar-refractivity contribution in [1.29, 1.82) is 0 Å². The number of allylic oxidation sites excluding steroid dienone is 1. The molecule has 0 N–H and O–H groups in total. The van der Waals surface area contributed by atoms with E-state index in [1.807, 2.05) is 37.3 Å². The van der Waals surface area contributed by atoms with Crippen molar-refractivity contribution in [3.63, 3.8) is 0 Å². The maximum absolute atomic E-state index is 13.0. The number of thiophene rings is 1. The molecule has 4 aromatic rings. The van der Waals surface area contributed by atoms with Crippen LogP contribution in [0.4, 0.5) is 0 Å². The fraction of sp³-hybridized carbons (Fsp3) is 0.211. The Morgan fingerprint density at radius 2 is 1.96 bits per heavy atom. The molecule has 0 atom stereocenters. The predicted molar refractivity (Wildman–Crippen MR) is 102 cm³/mol. The number of benzene rings is 1. The van der Waals surface area contributed by atoms with Crippen molar-refractivity contribution in [3.05, 3.63) is 63.4 Å². The van der Waals surface area contributed by atoms with Crippen LogP contribution in [0, 0.1) is 13.8 Å². The van der Waals surface area contributed by atoms with Crippen LogP contribution in [0.2, 0.25) is 0 Å². The van der Waals surface area contributed by atoms with Crippen molar-refractivity contribution in [3.8, 4) is 11.4 Å². The maximum atomic E-state index is 13.0. The van der Waals surface area contributed by atoms with Gasteiger partial charge in [-0.05, 0) is 26.3 Å². The number of nitrogens with zero attached hydrogens (tertiary/aromatic N) is 4. The van der Waals surface area contributed by atoms with E-state index in [-0.39, 0.29) is 5.69 Å². The lowest BCUT2D eigenvalue weighted by atomic mass is 10.2. The first kappa shape index (κ1) is 15.8. The molecule has 0 saturated heterocycles. The third kappa shape index (κ3) is 2.41. The van der Waals surface area contributed by atoms with Crippen molar-refractivity contribution < 1.29 is 0 Å². The Hall–Kier alpha value is -2.73. The first-order valence-electron chi connectivity index (χ1n) is 8.06. The average Bonchev–Trinajstić information content (AvgIpc) is 3.15. The lowest BCUT2D eigenvalue weighted by molar-refractivity contribution is 0.713. The summed E-state index contributed by atoms with van der Waals surface area (Å²) < 4.78 is 3.17. The van der Waals surface area contributed by atoms with Crippen molar-refractivity contribution in [1.82, 2.24) is 19.2 Å². The van der Waals surface area contributed by atoms with Crippen molar-refractivity contribution in [2.45, 2.75) is 27.3 Å². The fourth-order valence-electron chi connectivity index (χ4n) is 2.99. The average molecular weight is 350 g/mol. The summed E-state index contributed by atoms with van der Waals surface area (Å²) in [4.78, 5) is 19.8. The molecule has 126 valence electrons. The van der Waals surface area contributed by atoms with Crippen LogP contribution in [-0.4, -0.2) is 19.2 Å². The van der Waals surface area contributed by atoms with E-state index in [0.717, 1.165) is 26.9 Å². The molecule has 1 aromatic carbocycles. The third-order valence-corrected chi connectivity index (χ3v) is 5.54. The summed E-state index contributed by atoms with van der Waals surface area (Å²) in [5.41, 5.74) is 3.41. The molecule has 0 spiro atoms. The van der Waals surface area contributed by atoms with Crippen LogP contribution >= 0.6 is 11.3 Å². The van der Waals surface area contributed by atoms with E-state index in [1.54, 1.807) is 15.9 Å². The highest BCUT2D eigenvalue weighted by atomic mass is 32.1. The minimum Gasteiger partial charge on any atom is -0.279 e. The van der Waals surface area contributed by atoms with Gasteiger partial charge in [0.25, 0.3) is 0 Å². The van der Waals surface area contributed by atoms with Gasteiger partial charge in [0.15, 0.2) is 11.5 Å². The molecule has 0 unspecified atom stereocenters. The first-order valence-corrected chi connectivity index (χ1v) is 8.88. The van der Waals surface area contributed by atoms with E-state index in [2.05, 4.69) is 30.5 Å². The Kier molecular flexibility index (Phi) is 3.58. The first-order chi connectivity index (χ1) is 12.0. The largest absolute Gasteiger partial charge is 0.352 e. The zero-order valence-electron chi connectivity index (χ0n) is 14.4. The monoisotopic (exact) mass is 350 g/mol. The summed E-state index contributed by atoms with van der Waals surface area (Å²) >= 11 is 1.62. The molecular formula is C19H18N4OS. The molecule has 4 rings (SSSR count). The van der Waals surface area contributed by atoms with Gasteiger partial charge in [0.1, 0.15) is 4.83 Å². The summed E-state index contributed by atoms with van der Waals surface area (Å²) in [6.07, 6.45) is 0. The van der Waals surface area contributed by atoms with Crippen LogP contribution in [0.3, 0.4) is 0 Å². The SMILES string of the molecule is C=C(C)Cn1c(=O)n2nc(-c3ccccc3)nc2c2c(C)c(C)sc21. The summed E-state index contributed by atoms with van der Waals surface area (Å²) in [7, 11) is 0. The lowest BCUT2D eigenvalue weighted by Crippen LogP contribution is -2.27. The molecule has 0 aliphatic heterocycles. The van der Waals surface area contributed by atoms with Gasteiger partial charge < -0.3 is 0 Å². The van der Waals surface area contributed by atoms with Crippen LogP contribution < -0.4 is 5.69 Å². The number of hydrogen-bond acceptors (Lipinski definition) is 4. The summed E-state index contributed by atoms with van der Waals surface area (Å²) in [5, 5.41) is 5.50. The van der Waals surface area contributed by atoms with Gasteiger partial charge in [0.05, 0.1) is 5.39 Å². The smallest absolute Gasteiger partial charge is 0.279 e. The van der Waals surface area contributed by atoms with Gasteiger partial charge in [0.2, 0.25) is 0 Å². The van der Waals surface area contributed by atoms with Gasteiger partial charge in [-0.1, -0.05) is 42.5 Å². The minimum atomic E-state index is -0.179. The number of aryl methyl sites for hydroxylation is 2. The third-order valence-electron chi connectivity index (χ3n) is 4.31. The molecule has 0 bridgehead atoms. The number of hydrogen-bond donors (Lipinski definition) is 0. The lowest BCUT2D eigenvalue weighted by Gasteiger charge is -2.07. The molecule has 0 saturated carbocycles. The van der Waals surface area contributed by atoms with E-state index >= 15 is 0 Å².